The van der Waals surface area contributed by atoms with Crippen LogP contribution in [-0.2, 0) is 36.9 Å². The third-order valence-corrected chi connectivity index (χ3v) is 8.63. The fourth-order valence-corrected chi connectivity index (χ4v) is 6.36. The lowest BCUT2D eigenvalue weighted by Gasteiger charge is -2.38. The van der Waals surface area contributed by atoms with Crippen LogP contribution in [0.3, 0.4) is 0 Å². The monoisotopic (exact) mass is 538 g/mol. The second-order valence-corrected chi connectivity index (χ2v) is 11.8. The second-order valence-electron chi connectivity index (χ2n) is 8.40. The molecule has 0 spiro atoms. The Balaban J connectivity index is 3.06. The second kappa shape index (κ2) is 16.6. The third-order valence-electron chi connectivity index (χ3n) is 5.10. The summed E-state index contributed by atoms with van der Waals surface area (Å²) in [4.78, 5) is 5.58. The zero-order chi connectivity index (χ0) is 26.6. The van der Waals surface area contributed by atoms with Crippen LogP contribution in [0.5, 0.6) is 0 Å². The normalized spacial score (nSPS) is 25.5. The standard InChI is InChI=1S/C20H41BN4O8P2/c1-9-30-35(26,33-21)14-28-24(7)13-17-18(19(27-8)20(23-6)31-17)32-34(29-12-10-11-22)25(15(2)3)16(4)5/h15-20,23H,9-10,12-14H2,1-8H3. The number of nitrogens with one attached hydrogen (secondary N) is 1. The van der Waals surface area contributed by atoms with Crippen LogP contribution in [-0.4, -0.2) is 102 Å². The first-order chi connectivity index (χ1) is 16.6. The van der Waals surface area contributed by atoms with E-state index in [9.17, 15) is 4.57 Å². The van der Waals surface area contributed by atoms with E-state index in [1.54, 1.807) is 28.1 Å². The molecule has 15 heteroatoms. The Morgan fingerprint density at radius 2 is 1.91 bits per heavy atom. The molecular weight excluding hydrogens is 497 g/mol. The van der Waals surface area contributed by atoms with Crippen molar-refractivity contribution < 1.29 is 36.9 Å². The van der Waals surface area contributed by atoms with E-state index in [1.807, 2.05) is 0 Å². The van der Waals surface area contributed by atoms with Crippen molar-refractivity contribution in [3.05, 3.63) is 0 Å². The maximum atomic E-state index is 12.4. The van der Waals surface area contributed by atoms with Crippen LogP contribution < -0.4 is 5.32 Å². The molecular formula is C20H41BN4O8P2. The smallest absolute Gasteiger partial charge is 0.343 e. The fourth-order valence-electron chi connectivity index (χ4n) is 3.66. The van der Waals surface area contributed by atoms with Gasteiger partial charge in [0.25, 0.3) is 16.6 Å². The molecule has 0 saturated carbocycles. The number of rotatable bonds is 18. The molecule has 202 valence electrons. The van der Waals surface area contributed by atoms with Gasteiger partial charge in [-0.3, -0.25) is 14.7 Å². The molecule has 1 fully saturated rings. The van der Waals surface area contributed by atoms with Crippen molar-refractivity contribution in [1.82, 2.24) is 15.1 Å². The van der Waals surface area contributed by atoms with E-state index in [-0.39, 0.29) is 44.6 Å². The number of hydrogen-bond donors (Lipinski definition) is 1. The predicted molar refractivity (Wildman–Crippen MR) is 133 cm³/mol. The van der Waals surface area contributed by atoms with Crippen LogP contribution in [0.15, 0.2) is 0 Å². The molecule has 2 radical (unpaired) electrons. The van der Waals surface area contributed by atoms with Crippen molar-refractivity contribution in [2.45, 2.75) is 77.7 Å². The minimum Gasteiger partial charge on any atom is -0.381 e. The van der Waals surface area contributed by atoms with Gasteiger partial charge in [-0.25, -0.2) is 4.67 Å². The predicted octanol–water partition coefficient (Wildman–Crippen LogP) is 2.76. The summed E-state index contributed by atoms with van der Waals surface area (Å²) in [6.07, 6.45) is -1.99. The summed E-state index contributed by atoms with van der Waals surface area (Å²) in [6, 6.07) is 2.38. The maximum Gasteiger partial charge on any atom is 0.343 e. The van der Waals surface area contributed by atoms with Crippen molar-refractivity contribution in [1.29, 1.82) is 5.26 Å². The number of hydroxylamine groups is 2. The third kappa shape index (κ3) is 10.2. The molecule has 35 heavy (non-hydrogen) atoms. The molecule has 12 nitrogen and oxygen atoms in total. The molecule has 0 aromatic heterocycles. The van der Waals surface area contributed by atoms with Gasteiger partial charge >= 0.3 is 7.60 Å². The van der Waals surface area contributed by atoms with Crippen molar-refractivity contribution in [3.63, 3.8) is 0 Å². The summed E-state index contributed by atoms with van der Waals surface area (Å²) >= 11 is 0. The van der Waals surface area contributed by atoms with E-state index in [2.05, 4.69) is 48.2 Å². The Bertz CT molecular complexity index is 682. The molecule has 6 unspecified atom stereocenters. The number of ether oxygens (including phenoxy) is 2. The molecule has 6 atom stereocenters. The molecule has 1 rings (SSSR count). The topological polar surface area (TPSA) is 124 Å². The average molecular weight is 538 g/mol. The summed E-state index contributed by atoms with van der Waals surface area (Å²) in [6.45, 7) is 10.6. The molecule has 1 heterocycles. The Hall–Kier alpha value is -0.185. The van der Waals surface area contributed by atoms with Gasteiger partial charge in [0.1, 0.15) is 24.5 Å². The quantitative estimate of drug-likeness (QED) is 0.119. The lowest BCUT2D eigenvalue weighted by molar-refractivity contribution is -0.153. The van der Waals surface area contributed by atoms with Gasteiger partial charge in [0.2, 0.25) is 0 Å². The summed E-state index contributed by atoms with van der Waals surface area (Å²) < 4.78 is 48.7. The number of hydrogen-bond acceptors (Lipinski definition) is 12. The van der Waals surface area contributed by atoms with Crippen LogP contribution in [0, 0.1) is 11.3 Å². The van der Waals surface area contributed by atoms with Crippen molar-refractivity contribution >= 4 is 24.2 Å². The molecule has 1 saturated heterocycles. The summed E-state index contributed by atoms with van der Waals surface area (Å²) in [5.74, 6) is 0. The molecule has 1 aliphatic rings. The number of nitriles is 1. The Labute approximate surface area is 212 Å². The van der Waals surface area contributed by atoms with Crippen LogP contribution in [0.25, 0.3) is 0 Å². The number of likely N-dealkylation sites (N-methyl/N-ethyl adjacent to an activating group) is 2. The molecule has 1 N–H and O–H groups in total. The van der Waals surface area contributed by atoms with Gasteiger partial charge in [0.05, 0.1) is 32.2 Å². The van der Waals surface area contributed by atoms with E-state index in [1.165, 1.54) is 5.06 Å². The molecule has 0 aromatic carbocycles. The summed E-state index contributed by atoms with van der Waals surface area (Å²) in [7, 11) is 5.06. The fraction of sp³-hybridized carbons (Fsp3) is 0.950. The minimum atomic E-state index is -3.57. The van der Waals surface area contributed by atoms with Gasteiger partial charge in [-0.15, -0.1) is 0 Å². The van der Waals surface area contributed by atoms with E-state index in [4.69, 9.17) is 41.2 Å². The number of methoxy groups -OCH3 is 1. The summed E-state index contributed by atoms with van der Waals surface area (Å²) in [5, 5.41) is 13.5. The van der Waals surface area contributed by atoms with Gasteiger partial charge < -0.3 is 27.5 Å². The highest BCUT2D eigenvalue weighted by Gasteiger charge is 2.48. The van der Waals surface area contributed by atoms with Gasteiger partial charge in [-0.05, 0) is 41.7 Å². The molecule has 0 bridgehead atoms. The molecule has 0 amide bonds. The van der Waals surface area contributed by atoms with Crippen LogP contribution >= 0.6 is 16.1 Å². The first kappa shape index (κ1) is 32.8. The zero-order valence-corrected chi connectivity index (χ0v) is 23.9. The SMILES string of the molecule is [B]OP(=O)(CON(C)CC1OC(NC)C(OC)C1OP(OCCC#N)N(C(C)C)C(C)C)OCC. The molecule has 0 aromatic rings. The van der Waals surface area contributed by atoms with Crippen LogP contribution in [0.2, 0.25) is 0 Å². The Morgan fingerprint density at radius 3 is 2.40 bits per heavy atom. The van der Waals surface area contributed by atoms with Gasteiger partial charge in [0, 0.05) is 26.2 Å². The minimum absolute atomic E-state index is 0.139. The lowest BCUT2D eigenvalue weighted by atomic mass is 10.1. The van der Waals surface area contributed by atoms with E-state index in [0.717, 1.165) is 0 Å². The maximum absolute atomic E-state index is 12.4. The lowest BCUT2D eigenvalue weighted by Crippen LogP contribution is -2.44. The van der Waals surface area contributed by atoms with Crippen molar-refractivity contribution in [2.75, 3.05) is 47.3 Å². The van der Waals surface area contributed by atoms with E-state index < -0.39 is 40.7 Å². The van der Waals surface area contributed by atoms with Gasteiger partial charge in [-0.2, -0.15) is 10.3 Å². The average Bonchev–Trinajstić information content (AvgIpc) is 3.13. The summed E-state index contributed by atoms with van der Waals surface area (Å²) in [5.41, 5.74) is 0. The highest BCUT2D eigenvalue weighted by atomic mass is 31.2. The van der Waals surface area contributed by atoms with Gasteiger partial charge in [-0.1, -0.05) is 0 Å². The first-order valence-electron chi connectivity index (χ1n) is 11.6. The van der Waals surface area contributed by atoms with Crippen molar-refractivity contribution in [3.8, 4) is 6.07 Å². The Morgan fingerprint density at radius 1 is 1.26 bits per heavy atom. The Kier molecular flexibility index (Phi) is 15.6. The highest BCUT2D eigenvalue weighted by Crippen LogP contribution is 2.50. The van der Waals surface area contributed by atoms with Gasteiger partial charge in [0.15, 0.2) is 6.35 Å². The van der Waals surface area contributed by atoms with Crippen LogP contribution in [0.1, 0.15) is 41.0 Å². The zero-order valence-electron chi connectivity index (χ0n) is 22.1. The van der Waals surface area contributed by atoms with Crippen molar-refractivity contribution in [2.24, 2.45) is 0 Å². The molecule has 0 aliphatic carbocycles. The van der Waals surface area contributed by atoms with Crippen LogP contribution in [0.4, 0.5) is 0 Å². The first-order valence-corrected chi connectivity index (χ1v) is 14.5. The molecule has 1 aliphatic heterocycles. The van der Waals surface area contributed by atoms with E-state index >= 15 is 0 Å². The number of nitrogens with zero attached hydrogens (tertiary/aromatic N) is 3. The highest BCUT2D eigenvalue weighted by molar-refractivity contribution is 7.54. The largest absolute Gasteiger partial charge is 0.381 e. The van der Waals surface area contributed by atoms with E-state index in [0.29, 0.717) is 0 Å².